The molecule has 1 aromatic carbocycles. The van der Waals surface area contributed by atoms with Crippen LogP contribution >= 0.6 is 0 Å². The molecule has 0 saturated heterocycles. The van der Waals surface area contributed by atoms with Crippen LogP contribution in [-0.4, -0.2) is 18.5 Å². The molecule has 0 aliphatic carbocycles. The van der Waals surface area contributed by atoms with Gasteiger partial charge in [-0.1, -0.05) is 0 Å². The molecule has 0 aromatic heterocycles. The first kappa shape index (κ1) is 9.58. The molecule has 3 nitrogen and oxygen atoms in total. The molecule has 1 rings (SSSR count). The summed E-state index contributed by atoms with van der Waals surface area (Å²) in [6.45, 7) is 0. The van der Waals surface area contributed by atoms with Crippen LogP contribution in [-0.2, 0) is 11.2 Å². The lowest BCUT2D eigenvalue weighted by atomic mass is 10.1. The second-order valence-corrected chi connectivity index (χ2v) is 2.70. The van der Waals surface area contributed by atoms with Crippen molar-refractivity contribution in [3.8, 4) is 11.5 Å². The SMILES string of the molecule is COc1ccc(O)c(CCC=O)c1. The molecule has 0 unspecified atom stereocenters. The van der Waals surface area contributed by atoms with Crippen molar-refractivity contribution >= 4 is 6.29 Å². The topological polar surface area (TPSA) is 46.5 Å². The number of phenols is 1. The second-order valence-electron chi connectivity index (χ2n) is 2.70. The van der Waals surface area contributed by atoms with E-state index in [-0.39, 0.29) is 5.75 Å². The summed E-state index contributed by atoms with van der Waals surface area (Å²) in [5, 5.41) is 9.39. The van der Waals surface area contributed by atoms with Gasteiger partial charge in [0.1, 0.15) is 17.8 Å². The van der Waals surface area contributed by atoms with Crippen molar-refractivity contribution in [3.05, 3.63) is 23.8 Å². The van der Waals surface area contributed by atoms with Gasteiger partial charge in [0.2, 0.25) is 0 Å². The van der Waals surface area contributed by atoms with Crippen LogP contribution in [0.25, 0.3) is 0 Å². The summed E-state index contributed by atoms with van der Waals surface area (Å²) >= 11 is 0. The molecular formula is C10H12O3. The monoisotopic (exact) mass is 180 g/mol. The smallest absolute Gasteiger partial charge is 0.120 e. The fourth-order valence-corrected chi connectivity index (χ4v) is 1.10. The van der Waals surface area contributed by atoms with Gasteiger partial charge in [-0.3, -0.25) is 0 Å². The molecule has 0 saturated carbocycles. The highest BCUT2D eigenvalue weighted by Crippen LogP contribution is 2.23. The number of hydrogen-bond acceptors (Lipinski definition) is 3. The van der Waals surface area contributed by atoms with E-state index in [0.29, 0.717) is 18.6 Å². The maximum Gasteiger partial charge on any atom is 0.120 e. The molecule has 13 heavy (non-hydrogen) atoms. The normalized spacial score (nSPS) is 9.62. The summed E-state index contributed by atoms with van der Waals surface area (Å²) in [5.74, 6) is 0.904. The van der Waals surface area contributed by atoms with Crippen LogP contribution in [0, 0.1) is 0 Å². The number of aromatic hydroxyl groups is 1. The lowest BCUT2D eigenvalue weighted by Gasteiger charge is -2.05. The number of benzene rings is 1. The van der Waals surface area contributed by atoms with E-state index in [4.69, 9.17) is 4.74 Å². The first-order valence-corrected chi connectivity index (χ1v) is 4.07. The number of carbonyl (C=O) groups excluding carboxylic acids is 1. The maximum absolute atomic E-state index is 10.1. The molecule has 1 aromatic rings. The van der Waals surface area contributed by atoms with E-state index < -0.39 is 0 Å². The summed E-state index contributed by atoms with van der Waals surface area (Å²) < 4.78 is 4.99. The highest BCUT2D eigenvalue weighted by atomic mass is 16.5. The first-order valence-electron chi connectivity index (χ1n) is 4.07. The molecule has 0 aliphatic heterocycles. The van der Waals surface area contributed by atoms with E-state index in [1.54, 1.807) is 25.3 Å². The number of aldehydes is 1. The minimum absolute atomic E-state index is 0.211. The van der Waals surface area contributed by atoms with Gasteiger partial charge in [0.05, 0.1) is 7.11 Å². The van der Waals surface area contributed by atoms with Crippen molar-refractivity contribution in [1.82, 2.24) is 0 Å². The zero-order valence-electron chi connectivity index (χ0n) is 7.49. The van der Waals surface area contributed by atoms with Crippen molar-refractivity contribution in [2.75, 3.05) is 7.11 Å². The van der Waals surface area contributed by atoms with Crippen LogP contribution in [0.1, 0.15) is 12.0 Å². The van der Waals surface area contributed by atoms with Gasteiger partial charge in [-0.2, -0.15) is 0 Å². The van der Waals surface area contributed by atoms with E-state index in [2.05, 4.69) is 0 Å². The Balaban J connectivity index is 2.83. The van der Waals surface area contributed by atoms with Crippen molar-refractivity contribution in [2.24, 2.45) is 0 Å². The highest BCUT2D eigenvalue weighted by molar-refractivity contribution is 5.51. The fourth-order valence-electron chi connectivity index (χ4n) is 1.10. The number of aryl methyl sites for hydroxylation is 1. The van der Waals surface area contributed by atoms with Crippen LogP contribution in [0.4, 0.5) is 0 Å². The highest BCUT2D eigenvalue weighted by Gasteiger charge is 2.02. The number of phenolic OH excluding ortho intramolecular Hbond substituents is 1. The minimum Gasteiger partial charge on any atom is -0.508 e. The predicted molar refractivity (Wildman–Crippen MR) is 49.0 cm³/mol. The molecule has 1 N–H and O–H groups in total. The standard InChI is InChI=1S/C10H12O3/c1-13-9-4-5-10(12)8(7-9)3-2-6-11/h4-7,12H,2-3H2,1H3. The largest absolute Gasteiger partial charge is 0.508 e. The fraction of sp³-hybridized carbons (Fsp3) is 0.300. The van der Waals surface area contributed by atoms with Gasteiger partial charge < -0.3 is 14.6 Å². The minimum atomic E-state index is 0.211. The third-order valence-corrected chi connectivity index (χ3v) is 1.82. The van der Waals surface area contributed by atoms with Gasteiger partial charge in [0.25, 0.3) is 0 Å². The van der Waals surface area contributed by atoms with Gasteiger partial charge in [-0.25, -0.2) is 0 Å². The number of rotatable bonds is 4. The quantitative estimate of drug-likeness (QED) is 0.715. The molecule has 3 heteroatoms. The number of ether oxygens (including phenoxy) is 1. The zero-order chi connectivity index (χ0) is 9.68. The number of methoxy groups -OCH3 is 1. The lowest BCUT2D eigenvalue weighted by Crippen LogP contribution is -1.89. The average molecular weight is 180 g/mol. The lowest BCUT2D eigenvalue weighted by molar-refractivity contribution is -0.107. The summed E-state index contributed by atoms with van der Waals surface area (Å²) in [7, 11) is 1.57. The van der Waals surface area contributed by atoms with Crippen molar-refractivity contribution in [3.63, 3.8) is 0 Å². The Hall–Kier alpha value is -1.51. The molecule has 0 amide bonds. The molecular weight excluding hydrogens is 168 g/mol. The molecule has 0 spiro atoms. The van der Waals surface area contributed by atoms with Crippen LogP contribution < -0.4 is 4.74 Å². The average Bonchev–Trinajstić information content (AvgIpc) is 2.17. The molecule has 70 valence electrons. The van der Waals surface area contributed by atoms with Crippen LogP contribution in [0.5, 0.6) is 11.5 Å². The third-order valence-electron chi connectivity index (χ3n) is 1.82. The molecule has 0 aliphatic rings. The van der Waals surface area contributed by atoms with Gasteiger partial charge in [0, 0.05) is 6.42 Å². The predicted octanol–water partition coefficient (Wildman–Crippen LogP) is 1.53. The van der Waals surface area contributed by atoms with Gasteiger partial charge in [-0.05, 0) is 30.2 Å². The van der Waals surface area contributed by atoms with E-state index in [1.807, 2.05) is 0 Å². The summed E-state index contributed by atoms with van der Waals surface area (Å²) in [6, 6.07) is 4.98. The molecule has 0 radical (unpaired) electrons. The first-order chi connectivity index (χ1) is 6.27. The maximum atomic E-state index is 10.1. The second kappa shape index (κ2) is 4.50. The van der Waals surface area contributed by atoms with Crippen LogP contribution in [0.15, 0.2) is 18.2 Å². The van der Waals surface area contributed by atoms with Crippen molar-refractivity contribution in [1.29, 1.82) is 0 Å². The van der Waals surface area contributed by atoms with Crippen LogP contribution in [0.3, 0.4) is 0 Å². The van der Waals surface area contributed by atoms with Crippen molar-refractivity contribution < 1.29 is 14.6 Å². The molecule has 0 heterocycles. The van der Waals surface area contributed by atoms with E-state index in [0.717, 1.165) is 11.8 Å². The molecule has 0 atom stereocenters. The Morgan fingerprint density at radius 1 is 1.54 bits per heavy atom. The van der Waals surface area contributed by atoms with Gasteiger partial charge >= 0.3 is 0 Å². The van der Waals surface area contributed by atoms with Gasteiger partial charge in [-0.15, -0.1) is 0 Å². The number of carbonyl (C=O) groups is 1. The molecule has 0 bridgehead atoms. The summed E-state index contributed by atoms with van der Waals surface area (Å²) in [6.07, 6.45) is 1.80. The number of hydrogen-bond donors (Lipinski definition) is 1. The van der Waals surface area contributed by atoms with Crippen molar-refractivity contribution in [2.45, 2.75) is 12.8 Å². The van der Waals surface area contributed by atoms with E-state index >= 15 is 0 Å². The Morgan fingerprint density at radius 3 is 2.92 bits per heavy atom. The Kier molecular flexibility index (Phi) is 3.31. The molecule has 0 fully saturated rings. The summed E-state index contributed by atoms with van der Waals surface area (Å²) in [5.41, 5.74) is 0.742. The zero-order valence-corrected chi connectivity index (χ0v) is 7.49. The Labute approximate surface area is 77.0 Å². The van der Waals surface area contributed by atoms with E-state index in [9.17, 15) is 9.90 Å². The Morgan fingerprint density at radius 2 is 2.31 bits per heavy atom. The summed E-state index contributed by atoms with van der Waals surface area (Å²) in [4.78, 5) is 10.1. The Bertz CT molecular complexity index is 294. The van der Waals surface area contributed by atoms with Gasteiger partial charge in [0.15, 0.2) is 0 Å². The van der Waals surface area contributed by atoms with E-state index in [1.165, 1.54) is 0 Å². The third kappa shape index (κ3) is 2.47. The van der Waals surface area contributed by atoms with Crippen LogP contribution in [0.2, 0.25) is 0 Å².